The van der Waals surface area contributed by atoms with Crippen LogP contribution in [-0.2, 0) is 40.0 Å². The predicted molar refractivity (Wildman–Crippen MR) is 138 cm³/mol. The molecule has 16 nitrogen and oxygen atoms in total. The highest BCUT2D eigenvalue weighted by Gasteiger charge is 2.32. The van der Waals surface area contributed by atoms with Crippen molar-refractivity contribution in [1.29, 1.82) is 0 Å². The third-order valence-corrected chi connectivity index (χ3v) is 5.80. The van der Waals surface area contributed by atoms with Gasteiger partial charge in [0.05, 0.1) is 18.9 Å². The van der Waals surface area contributed by atoms with Gasteiger partial charge in [0, 0.05) is 29.9 Å². The summed E-state index contributed by atoms with van der Waals surface area (Å²) in [7, 11) is 0. The molecule has 1 aromatic carbocycles. The number of carboxylic acid groups (broad SMARTS) is 2. The Kier molecular flexibility index (Phi) is 11.1. The van der Waals surface area contributed by atoms with Crippen molar-refractivity contribution in [1.82, 2.24) is 20.9 Å². The summed E-state index contributed by atoms with van der Waals surface area (Å²) in [5.41, 5.74) is 17.1. The van der Waals surface area contributed by atoms with Gasteiger partial charge in [0.25, 0.3) is 0 Å². The monoisotopic (exact) mass is 561 g/mol. The van der Waals surface area contributed by atoms with Crippen molar-refractivity contribution in [2.45, 2.75) is 56.3 Å². The van der Waals surface area contributed by atoms with Crippen LogP contribution in [0, 0.1) is 0 Å². The number of hydrogen-bond donors (Lipinski definition) is 9. The van der Waals surface area contributed by atoms with Gasteiger partial charge in [0.1, 0.15) is 18.1 Å². The molecule has 1 aromatic heterocycles. The van der Waals surface area contributed by atoms with Crippen molar-refractivity contribution in [2.24, 2.45) is 17.2 Å². The number of primary amides is 2. The molecule has 0 radical (unpaired) electrons. The quantitative estimate of drug-likeness (QED) is 0.101. The lowest BCUT2D eigenvalue weighted by Gasteiger charge is -2.24. The van der Waals surface area contributed by atoms with E-state index in [1.165, 1.54) is 0 Å². The lowest BCUT2D eigenvalue weighted by atomic mass is 10.0. The molecule has 5 amide bonds. The molecule has 2 aromatic rings. The number of para-hydroxylation sites is 1. The first kappa shape index (κ1) is 31.2. The summed E-state index contributed by atoms with van der Waals surface area (Å²) in [4.78, 5) is 86.9. The molecular formula is C24H31N7O9. The lowest BCUT2D eigenvalue weighted by Crippen LogP contribution is -2.58. The summed E-state index contributed by atoms with van der Waals surface area (Å²) in [6, 6.07) is 0.912. The van der Waals surface area contributed by atoms with Crippen LogP contribution in [-0.4, -0.2) is 80.8 Å². The number of rotatable bonds is 16. The van der Waals surface area contributed by atoms with Crippen molar-refractivity contribution in [3.05, 3.63) is 36.0 Å². The Bertz CT molecular complexity index is 1290. The second-order valence-corrected chi connectivity index (χ2v) is 8.97. The largest absolute Gasteiger partial charge is 0.481 e. The standard InChI is InChI=1S/C24H31N7O9/c25-13(8-19(27)33)21(36)30-16(7-11-10-28-14-4-2-1-3-12(11)14)22(37)31-17(9-20(34)35)23(38)29-15(24(39)40)5-6-18(26)32/h1-4,10,13,15-17,28H,5-9,25H2,(H2,26,32)(H2,27,33)(H,29,38)(H,30,36)(H,31,37)(H,34,35)(H,39,40). The zero-order valence-corrected chi connectivity index (χ0v) is 21.2. The van der Waals surface area contributed by atoms with Crippen LogP contribution in [0.15, 0.2) is 30.5 Å². The minimum atomic E-state index is -1.76. The van der Waals surface area contributed by atoms with Gasteiger partial charge in [0.2, 0.25) is 29.5 Å². The van der Waals surface area contributed by atoms with Crippen LogP contribution in [0.4, 0.5) is 0 Å². The van der Waals surface area contributed by atoms with E-state index in [-0.39, 0.29) is 19.3 Å². The highest BCUT2D eigenvalue weighted by atomic mass is 16.4. The minimum absolute atomic E-state index is 0.136. The van der Waals surface area contributed by atoms with Crippen LogP contribution in [0.2, 0.25) is 0 Å². The number of aliphatic carboxylic acids is 2. The normalized spacial score (nSPS) is 13.8. The summed E-state index contributed by atoms with van der Waals surface area (Å²) >= 11 is 0. The molecule has 40 heavy (non-hydrogen) atoms. The van der Waals surface area contributed by atoms with Gasteiger partial charge in [-0.3, -0.25) is 28.8 Å². The maximum atomic E-state index is 13.3. The molecule has 0 saturated heterocycles. The molecule has 4 unspecified atom stereocenters. The van der Waals surface area contributed by atoms with Gasteiger partial charge in [-0.05, 0) is 18.1 Å². The molecular weight excluding hydrogens is 530 g/mol. The second kappa shape index (κ2) is 14.2. The third-order valence-electron chi connectivity index (χ3n) is 5.80. The summed E-state index contributed by atoms with van der Waals surface area (Å²) in [6.45, 7) is 0. The number of aromatic nitrogens is 1. The Morgan fingerprint density at radius 1 is 0.800 bits per heavy atom. The number of fused-ring (bicyclic) bond motifs is 1. The number of carbonyl (C=O) groups excluding carboxylic acids is 5. The van der Waals surface area contributed by atoms with Crippen molar-refractivity contribution >= 4 is 52.4 Å². The molecule has 0 spiro atoms. The van der Waals surface area contributed by atoms with E-state index in [1.54, 1.807) is 30.5 Å². The highest BCUT2D eigenvalue weighted by molar-refractivity contribution is 5.97. The summed E-state index contributed by atoms with van der Waals surface area (Å²) in [5, 5.41) is 26.1. The summed E-state index contributed by atoms with van der Waals surface area (Å²) < 4.78 is 0. The number of carbonyl (C=O) groups is 7. The maximum Gasteiger partial charge on any atom is 0.326 e. The first-order chi connectivity index (χ1) is 18.8. The van der Waals surface area contributed by atoms with E-state index in [0.717, 1.165) is 10.9 Å². The van der Waals surface area contributed by atoms with Gasteiger partial charge < -0.3 is 48.3 Å². The molecule has 16 heteroatoms. The average molecular weight is 562 g/mol. The molecule has 2 rings (SSSR count). The van der Waals surface area contributed by atoms with Gasteiger partial charge in [-0.2, -0.15) is 0 Å². The molecule has 0 aliphatic rings. The van der Waals surface area contributed by atoms with Crippen LogP contribution < -0.4 is 33.2 Å². The van der Waals surface area contributed by atoms with Crippen LogP contribution in [0.1, 0.15) is 31.2 Å². The number of aromatic amines is 1. The van der Waals surface area contributed by atoms with Gasteiger partial charge in [-0.15, -0.1) is 0 Å². The molecule has 0 aliphatic carbocycles. The first-order valence-corrected chi connectivity index (χ1v) is 12.0. The van der Waals surface area contributed by atoms with Crippen LogP contribution in [0.3, 0.4) is 0 Å². The highest BCUT2D eigenvalue weighted by Crippen LogP contribution is 2.19. The zero-order chi connectivity index (χ0) is 30.0. The number of carboxylic acids is 2. The predicted octanol–water partition coefficient (Wildman–Crippen LogP) is -2.81. The Balaban J connectivity index is 2.30. The zero-order valence-electron chi connectivity index (χ0n) is 21.2. The van der Waals surface area contributed by atoms with Crippen LogP contribution in [0.25, 0.3) is 10.9 Å². The third kappa shape index (κ3) is 9.39. The van der Waals surface area contributed by atoms with Crippen molar-refractivity contribution in [2.75, 3.05) is 0 Å². The van der Waals surface area contributed by atoms with Crippen molar-refractivity contribution < 1.29 is 43.8 Å². The summed E-state index contributed by atoms with van der Waals surface area (Å²) in [6.07, 6.45) is -0.743. The second-order valence-electron chi connectivity index (χ2n) is 8.97. The molecule has 216 valence electrons. The number of nitrogens with two attached hydrogens (primary N) is 3. The number of H-pyrrole nitrogens is 1. The van der Waals surface area contributed by atoms with E-state index in [2.05, 4.69) is 20.9 Å². The molecule has 0 fully saturated rings. The molecule has 0 saturated carbocycles. The lowest BCUT2D eigenvalue weighted by molar-refractivity contribution is -0.143. The van der Waals surface area contributed by atoms with Crippen LogP contribution >= 0.6 is 0 Å². The SMILES string of the molecule is NC(=O)CCC(NC(=O)C(CC(=O)O)NC(=O)C(Cc1c[nH]c2ccccc12)NC(=O)C(N)CC(N)=O)C(=O)O. The van der Waals surface area contributed by atoms with E-state index < -0.39 is 78.5 Å². The van der Waals surface area contributed by atoms with Crippen molar-refractivity contribution in [3.8, 4) is 0 Å². The number of nitrogens with one attached hydrogen (secondary N) is 4. The maximum absolute atomic E-state index is 13.3. The fraction of sp³-hybridized carbons (Fsp3) is 0.375. The first-order valence-electron chi connectivity index (χ1n) is 12.0. The van der Waals surface area contributed by atoms with Gasteiger partial charge in [-0.1, -0.05) is 18.2 Å². The van der Waals surface area contributed by atoms with Crippen LogP contribution in [0.5, 0.6) is 0 Å². The average Bonchev–Trinajstić information content (AvgIpc) is 3.27. The fourth-order valence-electron chi connectivity index (χ4n) is 3.79. The Morgan fingerprint density at radius 2 is 1.40 bits per heavy atom. The molecule has 0 bridgehead atoms. The van der Waals surface area contributed by atoms with E-state index in [4.69, 9.17) is 17.2 Å². The summed E-state index contributed by atoms with van der Waals surface area (Å²) in [5.74, 6) is -7.74. The Labute approximate surface area is 227 Å². The molecule has 4 atom stereocenters. The number of amides is 5. The van der Waals surface area contributed by atoms with E-state index in [0.29, 0.717) is 5.56 Å². The van der Waals surface area contributed by atoms with E-state index >= 15 is 0 Å². The minimum Gasteiger partial charge on any atom is -0.481 e. The van der Waals surface area contributed by atoms with E-state index in [1.807, 2.05) is 0 Å². The number of benzene rings is 1. The molecule has 12 N–H and O–H groups in total. The van der Waals surface area contributed by atoms with Gasteiger partial charge >= 0.3 is 11.9 Å². The topological polar surface area (TPSA) is 290 Å². The fourth-order valence-corrected chi connectivity index (χ4v) is 3.79. The van der Waals surface area contributed by atoms with Crippen molar-refractivity contribution in [3.63, 3.8) is 0 Å². The smallest absolute Gasteiger partial charge is 0.326 e. The Hall–Kier alpha value is -4.99. The van der Waals surface area contributed by atoms with Gasteiger partial charge in [0.15, 0.2) is 0 Å². The molecule has 1 heterocycles. The number of hydrogen-bond acceptors (Lipinski definition) is 8. The van der Waals surface area contributed by atoms with Gasteiger partial charge in [-0.25, -0.2) is 4.79 Å². The van der Waals surface area contributed by atoms with E-state index in [9.17, 15) is 43.8 Å². The Morgan fingerprint density at radius 3 is 2.00 bits per heavy atom. The molecule has 0 aliphatic heterocycles.